The molecule has 0 radical (unpaired) electrons. The number of carbonyl (C=O) groups excluding carboxylic acids is 2. The van der Waals surface area contributed by atoms with E-state index in [0.717, 1.165) is 44.1 Å². The minimum Gasteiger partial charge on any atom is -0.439 e. The molecule has 0 bridgehead atoms. The highest BCUT2D eigenvalue weighted by molar-refractivity contribution is 5.97. The van der Waals surface area contributed by atoms with Crippen LogP contribution in [0.4, 0.5) is 4.79 Å². The largest absolute Gasteiger partial charge is 0.439 e. The van der Waals surface area contributed by atoms with Crippen LogP contribution in [0.1, 0.15) is 105 Å². The van der Waals surface area contributed by atoms with Crippen LogP contribution < -0.4 is 5.73 Å². The first-order valence-electron chi connectivity index (χ1n) is 11.8. The Hall–Kier alpha value is -2.69. The monoisotopic (exact) mass is 434 g/mol. The number of nitrogens with two attached hydrogens (primary N) is 1. The van der Waals surface area contributed by atoms with Crippen molar-refractivity contribution in [2.24, 2.45) is 17.1 Å². The van der Waals surface area contributed by atoms with E-state index in [-0.39, 0.29) is 11.7 Å². The number of aromatic nitrogens is 1. The fourth-order valence-electron chi connectivity index (χ4n) is 4.96. The van der Waals surface area contributed by atoms with E-state index in [4.69, 9.17) is 15.5 Å². The van der Waals surface area contributed by atoms with Crippen molar-refractivity contribution in [3.8, 4) is 0 Å². The third-order valence-corrected chi connectivity index (χ3v) is 6.86. The van der Waals surface area contributed by atoms with Crippen LogP contribution in [0.3, 0.4) is 0 Å². The predicted molar refractivity (Wildman–Crippen MR) is 125 cm³/mol. The molecule has 1 atom stereocenters. The molecule has 1 aromatic heterocycles. The first-order valence-corrected chi connectivity index (χ1v) is 11.8. The van der Waals surface area contributed by atoms with Gasteiger partial charge < -0.3 is 10.5 Å². The normalized spacial score (nSPS) is 22.2. The van der Waals surface area contributed by atoms with Gasteiger partial charge in [-0.05, 0) is 67.6 Å². The molecule has 5 heteroatoms. The van der Waals surface area contributed by atoms with E-state index in [9.17, 15) is 9.59 Å². The summed E-state index contributed by atoms with van der Waals surface area (Å²) >= 11 is 0. The molecule has 1 amide bonds. The summed E-state index contributed by atoms with van der Waals surface area (Å²) in [7, 11) is 0. The second-order valence-corrected chi connectivity index (χ2v) is 10.5. The Kier molecular flexibility index (Phi) is 6.36. The van der Waals surface area contributed by atoms with E-state index in [2.05, 4.69) is 24.3 Å². The molecule has 2 N–H and O–H groups in total. The number of benzene rings is 1. The fourth-order valence-corrected chi connectivity index (χ4v) is 4.96. The van der Waals surface area contributed by atoms with Crippen LogP contribution in [0.5, 0.6) is 0 Å². The number of Topliss-reactive ketones (excluding diaryl/α,β-unsaturated/α-hetero) is 1. The molecule has 1 heterocycles. The third kappa shape index (κ3) is 5.03. The van der Waals surface area contributed by atoms with E-state index in [1.54, 1.807) is 0 Å². The topological polar surface area (TPSA) is 82.3 Å². The number of amides is 1. The van der Waals surface area contributed by atoms with Crippen LogP contribution in [0.2, 0.25) is 0 Å². The average Bonchev–Trinajstić information content (AvgIpc) is 3.62. The quantitative estimate of drug-likeness (QED) is 0.541. The lowest BCUT2D eigenvalue weighted by molar-refractivity contribution is 0.0330. The van der Waals surface area contributed by atoms with Crippen molar-refractivity contribution in [3.05, 3.63) is 65.0 Å². The van der Waals surface area contributed by atoms with E-state index in [0.29, 0.717) is 23.2 Å². The zero-order valence-electron chi connectivity index (χ0n) is 19.3. The van der Waals surface area contributed by atoms with Crippen LogP contribution in [-0.2, 0) is 4.74 Å². The van der Waals surface area contributed by atoms with Crippen molar-refractivity contribution in [1.29, 1.82) is 0 Å². The van der Waals surface area contributed by atoms with Gasteiger partial charge in [0, 0.05) is 11.3 Å². The SMILES string of the molecule is CC(C)(C)C(OC(N)=O)c1ccc(C2CC2)c(C(=O)C2CCC(c3ccccc3)CC2)n1. The minimum atomic E-state index is -0.829. The highest BCUT2D eigenvalue weighted by atomic mass is 16.6. The van der Waals surface area contributed by atoms with Gasteiger partial charge in [0.25, 0.3) is 0 Å². The van der Waals surface area contributed by atoms with Gasteiger partial charge in [0.05, 0.1) is 5.69 Å². The number of ketones is 1. The lowest BCUT2D eigenvalue weighted by atomic mass is 9.76. The maximum absolute atomic E-state index is 13.6. The maximum atomic E-state index is 13.6. The van der Waals surface area contributed by atoms with Crippen LogP contribution in [-0.4, -0.2) is 16.9 Å². The molecular formula is C27H34N2O3. The van der Waals surface area contributed by atoms with Crippen LogP contribution >= 0.6 is 0 Å². The Morgan fingerprint density at radius 2 is 1.56 bits per heavy atom. The summed E-state index contributed by atoms with van der Waals surface area (Å²) in [6.45, 7) is 5.93. The summed E-state index contributed by atoms with van der Waals surface area (Å²) in [5, 5.41) is 0. The summed E-state index contributed by atoms with van der Waals surface area (Å²) in [6, 6.07) is 14.5. The molecule has 0 aliphatic heterocycles. The molecule has 2 aromatic rings. The van der Waals surface area contributed by atoms with Crippen LogP contribution in [0.15, 0.2) is 42.5 Å². The zero-order valence-corrected chi connectivity index (χ0v) is 19.3. The van der Waals surface area contributed by atoms with E-state index >= 15 is 0 Å². The zero-order chi connectivity index (χ0) is 22.9. The molecule has 2 aliphatic rings. The Morgan fingerprint density at radius 3 is 2.12 bits per heavy atom. The number of nitrogens with zero attached hydrogens (tertiary/aromatic N) is 1. The maximum Gasteiger partial charge on any atom is 0.405 e. The second-order valence-electron chi connectivity index (χ2n) is 10.5. The van der Waals surface area contributed by atoms with Gasteiger partial charge in [0.1, 0.15) is 5.69 Å². The van der Waals surface area contributed by atoms with Crippen molar-refractivity contribution in [2.75, 3.05) is 0 Å². The molecule has 32 heavy (non-hydrogen) atoms. The Bertz CT molecular complexity index is 968. The molecule has 1 unspecified atom stereocenters. The molecule has 1 aromatic carbocycles. The Morgan fingerprint density at radius 1 is 0.938 bits per heavy atom. The van der Waals surface area contributed by atoms with E-state index in [1.807, 2.05) is 39.0 Å². The first-order chi connectivity index (χ1) is 15.2. The number of hydrogen-bond acceptors (Lipinski definition) is 4. The van der Waals surface area contributed by atoms with E-state index < -0.39 is 17.6 Å². The van der Waals surface area contributed by atoms with Crippen molar-refractivity contribution in [1.82, 2.24) is 4.98 Å². The highest BCUT2D eigenvalue weighted by Crippen LogP contribution is 2.44. The van der Waals surface area contributed by atoms with Gasteiger partial charge in [-0.15, -0.1) is 0 Å². The number of hydrogen-bond donors (Lipinski definition) is 1. The molecule has 5 nitrogen and oxygen atoms in total. The summed E-state index contributed by atoms with van der Waals surface area (Å²) in [4.78, 5) is 30.0. The highest BCUT2D eigenvalue weighted by Gasteiger charge is 2.36. The molecule has 170 valence electrons. The van der Waals surface area contributed by atoms with E-state index in [1.165, 1.54) is 5.56 Å². The lowest BCUT2D eigenvalue weighted by Crippen LogP contribution is -2.29. The number of carbonyl (C=O) groups is 2. The van der Waals surface area contributed by atoms with Gasteiger partial charge in [0.2, 0.25) is 0 Å². The van der Waals surface area contributed by atoms with Gasteiger partial charge in [-0.25, -0.2) is 9.78 Å². The van der Waals surface area contributed by atoms with Crippen molar-refractivity contribution < 1.29 is 14.3 Å². The standard InChI is InChI=1S/C27H34N2O3/c1-27(2,3)25(32-26(28)31)22-16-15-21(19-11-12-19)23(29-22)24(30)20-13-9-18(10-14-20)17-7-5-4-6-8-17/h4-8,15-16,18-20,25H,9-14H2,1-3H3,(H2,28,31). The van der Waals surface area contributed by atoms with Crippen LogP contribution in [0.25, 0.3) is 0 Å². The summed E-state index contributed by atoms with van der Waals surface area (Å²) in [5.74, 6) is 1.09. The second kappa shape index (κ2) is 9.05. The van der Waals surface area contributed by atoms with Gasteiger partial charge in [-0.2, -0.15) is 0 Å². The van der Waals surface area contributed by atoms with Gasteiger partial charge in [-0.3, -0.25) is 4.79 Å². The number of primary amides is 1. The smallest absolute Gasteiger partial charge is 0.405 e. The number of pyridine rings is 1. The van der Waals surface area contributed by atoms with Gasteiger partial charge >= 0.3 is 6.09 Å². The minimum absolute atomic E-state index is 0.000331. The van der Waals surface area contributed by atoms with Crippen molar-refractivity contribution in [3.63, 3.8) is 0 Å². The molecule has 2 saturated carbocycles. The lowest BCUT2D eigenvalue weighted by Gasteiger charge is -2.30. The first kappa shape index (κ1) is 22.5. The molecule has 0 spiro atoms. The van der Waals surface area contributed by atoms with Crippen LogP contribution in [0, 0.1) is 11.3 Å². The summed E-state index contributed by atoms with van der Waals surface area (Å²) < 4.78 is 5.43. The molecule has 4 rings (SSSR count). The molecular weight excluding hydrogens is 400 g/mol. The molecule has 2 fully saturated rings. The Labute approximate surface area is 190 Å². The Balaban J connectivity index is 1.57. The number of rotatable bonds is 6. The predicted octanol–water partition coefficient (Wildman–Crippen LogP) is 6.30. The summed E-state index contributed by atoms with van der Waals surface area (Å²) in [6.07, 6.45) is 4.58. The third-order valence-electron chi connectivity index (χ3n) is 6.86. The molecule has 2 aliphatic carbocycles. The van der Waals surface area contributed by atoms with Gasteiger partial charge in [0.15, 0.2) is 11.9 Å². The number of ether oxygens (including phenoxy) is 1. The summed E-state index contributed by atoms with van der Waals surface area (Å²) in [5.41, 5.74) is 8.54. The molecule has 0 saturated heterocycles. The fraction of sp³-hybridized carbons (Fsp3) is 0.519. The van der Waals surface area contributed by atoms with Crippen molar-refractivity contribution >= 4 is 11.9 Å². The van der Waals surface area contributed by atoms with Gasteiger partial charge in [-0.1, -0.05) is 57.2 Å². The van der Waals surface area contributed by atoms with Crippen molar-refractivity contribution in [2.45, 2.75) is 77.2 Å². The average molecular weight is 435 g/mol.